The van der Waals surface area contributed by atoms with Crippen LogP contribution in [-0.2, 0) is 9.59 Å². The lowest BCUT2D eigenvalue weighted by atomic mass is 9.99. The summed E-state index contributed by atoms with van der Waals surface area (Å²) in [5, 5.41) is 4.64. The van der Waals surface area contributed by atoms with E-state index in [-0.39, 0.29) is 16.8 Å². The molecule has 0 radical (unpaired) electrons. The highest BCUT2D eigenvalue weighted by atomic mass is 32.1. The quantitative estimate of drug-likeness (QED) is 0.313. The lowest BCUT2D eigenvalue weighted by molar-refractivity contribution is -0.122. The van der Waals surface area contributed by atoms with Gasteiger partial charge in [0.25, 0.3) is 11.8 Å². The zero-order chi connectivity index (χ0) is 23.7. The van der Waals surface area contributed by atoms with Crippen LogP contribution >= 0.6 is 12.2 Å². The number of hydrogen-bond acceptors (Lipinski definition) is 4. The van der Waals surface area contributed by atoms with Crippen molar-refractivity contribution in [2.24, 2.45) is 0 Å². The van der Waals surface area contributed by atoms with E-state index in [1.54, 1.807) is 6.08 Å². The zero-order valence-electron chi connectivity index (χ0n) is 19.1. The largest absolute Gasteiger partial charge is 0.490 e. The predicted octanol–water partition coefficient (Wildman–Crippen LogP) is 5.47. The highest BCUT2D eigenvalue weighted by Crippen LogP contribution is 2.33. The summed E-state index contributed by atoms with van der Waals surface area (Å²) in [5.41, 5.74) is 3.33. The molecule has 3 aromatic carbocycles. The topological polar surface area (TPSA) is 58.6 Å². The normalized spacial score (nSPS) is 16.3. The molecule has 1 N–H and O–H groups in total. The fourth-order valence-electron chi connectivity index (χ4n) is 3.94. The molecule has 1 saturated heterocycles. The Morgan fingerprint density at radius 1 is 1.06 bits per heavy atom. The third-order valence-electron chi connectivity index (χ3n) is 5.69. The number of thiocarbonyl (C=S) groups is 1. The van der Waals surface area contributed by atoms with Gasteiger partial charge in [0.1, 0.15) is 11.3 Å². The molecule has 0 aliphatic carbocycles. The van der Waals surface area contributed by atoms with Gasteiger partial charge in [0.15, 0.2) is 5.11 Å². The number of aryl methyl sites for hydroxylation is 2. The van der Waals surface area contributed by atoms with Crippen molar-refractivity contribution in [3.05, 3.63) is 76.9 Å². The number of carbonyl (C=O) groups excluding carboxylic acids is 2. The summed E-state index contributed by atoms with van der Waals surface area (Å²) in [6.07, 6.45) is 2.44. The average Bonchev–Trinajstić information content (AvgIpc) is 2.76. The first-order valence-electron chi connectivity index (χ1n) is 11.0. The number of hydrogen-bond donors (Lipinski definition) is 1. The Hall–Kier alpha value is -3.51. The molecule has 1 aliphatic rings. The van der Waals surface area contributed by atoms with E-state index in [9.17, 15) is 9.59 Å². The summed E-state index contributed by atoms with van der Waals surface area (Å²) in [5.74, 6) is -0.355. The Morgan fingerprint density at radius 3 is 2.45 bits per heavy atom. The van der Waals surface area contributed by atoms with Crippen LogP contribution in [0.1, 0.15) is 37.0 Å². The Kier molecular flexibility index (Phi) is 6.29. The van der Waals surface area contributed by atoms with Crippen LogP contribution in [0.5, 0.6) is 5.75 Å². The van der Waals surface area contributed by atoms with Crippen molar-refractivity contribution < 1.29 is 14.3 Å². The summed E-state index contributed by atoms with van der Waals surface area (Å²) >= 11 is 5.36. The smallest absolute Gasteiger partial charge is 0.270 e. The molecular weight excluding hydrogens is 432 g/mol. The first kappa shape index (κ1) is 22.7. The molecule has 168 valence electrons. The third kappa shape index (κ3) is 4.52. The van der Waals surface area contributed by atoms with E-state index in [4.69, 9.17) is 17.0 Å². The second-order valence-corrected chi connectivity index (χ2v) is 8.73. The van der Waals surface area contributed by atoms with Gasteiger partial charge in [0, 0.05) is 5.56 Å². The monoisotopic (exact) mass is 458 g/mol. The lowest BCUT2D eigenvalue weighted by Gasteiger charge is -2.29. The summed E-state index contributed by atoms with van der Waals surface area (Å²) in [4.78, 5) is 27.8. The number of anilines is 1. The molecule has 0 bridgehead atoms. The number of ether oxygens (including phenoxy) is 1. The van der Waals surface area contributed by atoms with Crippen molar-refractivity contribution in [2.75, 3.05) is 4.90 Å². The predicted molar refractivity (Wildman–Crippen MR) is 136 cm³/mol. The molecule has 0 spiro atoms. The number of benzene rings is 3. The van der Waals surface area contributed by atoms with Gasteiger partial charge in [-0.05, 0) is 85.6 Å². The van der Waals surface area contributed by atoms with Crippen LogP contribution in [0.2, 0.25) is 0 Å². The van der Waals surface area contributed by atoms with Gasteiger partial charge in [0.05, 0.1) is 11.8 Å². The zero-order valence-corrected chi connectivity index (χ0v) is 20.0. The van der Waals surface area contributed by atoms with E-state index in [0.717, 1.165) is 28.3 Å². The molecule has 0 aromatic heterocycles. The maximum Gasteiger partial charge on any atom is 0.270 e. The van der Waals surface area contributed by atoms with Gasteiger partial charge in [-0.1, -0.05) is 43.3 Å². The number of nitrogens with zero attached hydrogens (tertiary/aromatic N) is 1. The molecule has 5 nitrogen and oxygen atoms in total. The van der Waals surface area contributed by atoms with Gasteiger partial charge < -0.3 is 4.74 Å². The summed E-state index contributed by atoms with van der Waals surface area (Å²) < 4.78 is 6.15. The Bertz CT molecular complexity index is 1290. The number of rotatable bonds is 5. The second kappa shape index (κ2) is 9.16. The number of fused-ring (bicyclic) bond motifs is 1. The fourth-order valence-corrected chi connectivity index (χ4v) is 4.22. The number of carbonyl (C=O) groups is 2. The Labute approximate surface area is 199 Å². The lowest BCUT2D eigenvalue weighted by Crippen LogP contribution is -2.54. The summed E-state index contributed by atoms with van der Waals surface area (Å²) in [7, 11) is 0. The number of nitrogens with one attached hydrogen (secondary N) is 1. The van der Waals surface area contributed by atoms with Crippen molar-refractivity contribution in [1.82, 2.24) is 5.32 Å². The van der Waals surface area contributed by atoms with Crippen LogP contribution in [0.25, 0.3) is 16.8 Å². The van der Waals surface area contributed by atoms with Crippen molar-refractivity contribution in [3.8, 4) is 5.75 Å². The minimum atomic E-state index is -0.520. The van der Waals surface area contributed by atoms with Crippen LogP contribution < -0.4 is 15.0 Å². The van der Waals surface area contributed by atoms with E-state index in [2.05, 4.69) is 5.32 Å². The maximum absolute atomic E-state index is 13.6. The highest BCUT2D eigenvalue weighted by Gasteiger charge is 2.35. The fraction of sp³-hybridized carbons (Fsp3) is 0.222. The van der Waals surface area contributed by atoms with E-state index in [1.807, 2.05) is 82.3 Å². The van der Waals surface area contributed by atoms with E-state index in [1.165, 1.54) is 4.90 Å². The molecule has 1 heterocycles. The first-order valence-corrected chi connectivity index (χ1v) is 11.4. The summed E-state index contributed by atoms with van der Waals surface area (Å²) in [6, 6.07) is 17.5. The molecule has 1 aliphatic heterocycles. The number of amides is 2. The minimum Gasteiger partial charge on any atom is -0.490 e. The van der Waals surface area contributed by atoms with Crippen molar-refractivity contribution in [1.29, 1.82) is 0 Å². The van der Waals surface area contributed by atoms with Crippen molar-refractivity contribution in [3.63, 3.8) is 0 Å². The molecular formula is C27H26N2O3S. The molecule has 3 aromatic rings. The molecule has 0 saturated carbocycles. The van der Waals surface area contributed by atoms with Crippen LogP contribution in [-0.4, -0.2) is 23.0 Å². The van der Waals surface area contributed by atoms with E-state index in [0.29, 0.717) is 17.0 Å². The van der Waals surface area contributed by atoms with Gasteiger partial charge in [-0.2, -0.15) is 0 Å². The molecule has 1 fully saturated rings. The molecule has 2 amide bonds. The van der Waals surface area contributed by atoms with Crippen LogP contribution in [0, 0.1) is 13.8 Å². The molecule has 0 unspecified atom stereocenters. The highest BCUT2D eigenvalue weighted by molar-refractivity contribution is 7.80. The van der Waals surface area contributed by atoms with Crippen LogP contribution in [0.15, 0.2) is 60.2 Å². The van der Waals surface area contributed by atoms with Crippen LogP contribution in [0.4, 0.5) is 5.69 Å². The second-order valence-electron chi connectivity index (χ2n) is 8.34. The van der Waals surface area contributed by atoms with Crippen molar-refractivity contribution in [2.45, 2.75) is 40.2 Å². The average molecular weight is 459 g/mol. The van der Waals surface area contributed by atoms with Crippen LogP contribution in [0.3, 0.4) is 0 Å². The van der Waals surface area contributed by atoms with E-state index < -0.39 is 11.8 Å². The first-order chi connectivity index (χ1) is 15.8. The Balaban J connectivity index is 1.87. The molecule has 4 rings (SSSR count). The van der Waals surface area contributed by atoms with Crippen molar-refractivity contribution >= 4 is 51.7 Å². The van der Waals surface area contributed by atoms with Gasteiger partial charge in [-0.15, -0.1) is 0 Å². The standard InChI is InChI=1S/C27H26N2O3S/c1-5-18(4)32-24-11-10-19-8-6-7-9-21(19)22(24)15-23-25(30)28-27(33)29(26(23)31)20-13-16(2)12-17(3)14-20/h6-15,18H,5H2,1-4H3,(H,28,30,33)/b23-15+/t18-/m0/s1. The maximum atomic E-state index is 13.6. The molecule has 6 heteroatoms. The Morgan fingerprint density at radius 2 is 1.76 bits per heavy atom. The molecule has 1 atom stereocenters. The van der Waals surface area contributed by atoms with Gasteiger partial charge in [-0.25, -0.2) is 0 Å². The van der Waals surface area contributed by atoms with Gasteiger partial charge in [-0.3, -0.25) is 19.8 Å². The van der Waals surface area contributed by atoms with Gasteiger partial charge >= 0.3 is 0 Å². The van der Waals surface area contributed by atoms with E-state index >= 15 is 0 Å². The van der Waals surface area contributed by atoms with Gasteiger partial charge in [0.2, 0.25) is 0 Å². The molecule has 33 heavy (non-hydrogen) atoms. The summed E-state index contributed by atoms with van der Waals surface area (Å²) in [6.45, 7) is 7.95. The SMILES string of the molecule is CC[C@H](C)Oc1ccc2ccccc2c1/C=C1\C(=O)NC(=S)N(c2cc(C)cc(C)c2)C1=O. The third-order valence-corrected chi connectivity index (χ3v) is 5.97. The minimum absolute atomic E-state index is 0.00751.